The number of nitrogen functional groups attached to an aromatic ring is 2. The first-order valence-corrected chi connectivity index (χ1v) is 22.4. The number of nitrogens with one attached hydrogen (secondary N) is 1. The van der Waals surface area contributed by atoms with Crippen molar-refractivity contribution in [3.8, 4) is 67.0 Å². The Kier molecular flexibility index (Phi) is 12.7. The molecular formula is C54H50F2N12O2. The van der Waals surface area contributed by atoms with Crippen LogP contribution >= 0.6 is 0 Å². The number of anilines is 2. The van der Waals surface area contributed by atoms with Crippen molar-refractivity contribution >= 4 is 33.4 Å². The fraction of sp³-hybridized carbons (Fsp3) is 0.185. The molecule has 6 N–H and O–H groups in total. The van der Waals surface area contributed by atoms with Crippen LogP contribution in [-0.4, -0.2) is 72.8 Å². The van der Waals surface area contributed by atoms with Gasteiger partial charge in [0.2, 0.25) is 0 Å². The molecule has 14 nitrogen and oxygen atoms in total. The molecule has 0 unspecified atom stereocenters. The first-order chi connectivity index (χ1) is 33.5. The highest BCUT2D eigenvalue weighted by atomic mass is 19.1. The van der Waals surface area contributed by atoms with E-state index in [-0.39, 0.29) is 17.2 Å². The Morgan fingerprint density at radius 1 is 0.643 bits per heavy atom. The molecule has 0 amide bonds. The minimum Gasteiger partial charge on any atom is -0.389 e. The highest BCUT2D eigenvalue weighted by Gasteiger charge is 2.32. The smallest absolute Gasteiger partial charge is 0.132 e. The second-order valence-corrected chi connectivity index (χ2v) is 18.3. The van der Waals surface area contributed by atoms with Gasteiger partial charge in [0, 0.05) is 79.1 Å². The molecule has 6 aromatic heterocycles. The fourth-order valence-electron chi connectivity index (χ4n) is 7.85. The van der Waals surface area contributed by atoms with Crippen molar-refractivity contribution in [1.29, 1.82) is 0 Å². The van der Waals surface area contributed by atoms with Crippen molar-refractivity contribution < 1.29 is 18.6 Å². The summed E-state index contributed by atoms with van der Waals surface area (Å²) in [5.74, 6) is 0.0790. The summed E-state index contributed by atoms with van der Waals surface area (Å²) in [7, 11) is 0. The van der Waals surface area contributed by atoms with Crippen molar-refractivity contribution in [2.45, 2.75) is 59.3 Å². The third-order valence-corrected chi connectivity index (χ3v) is 11.7. The molecule has 0 spiro atoms. The number of nitrogens with two attached hydrogens (primary N) is 2. The molecule has 7 heterocycles. The predicted octanol–water partition coefficient (Wildman–Crippen LogP) is 10.6. The zero-order valence-electron chi connectivity index (χ0n) is 39.4. The minimum absolute atomic E-state index is 0.250. The van der Waals surface area contributed by atoms with Gasteiger partial charge in [-0.3, -0.25) is 9.78 Å². The SMILES string of the molecule is CC1(C)CO1.Cc1ncnc2ccc(-c3cc(-c4cn[nH]c4)c(N)nc3-c3ccc(F)cc3)cc12.Cc1ncnc2ccc(-c3cc(-c4cnn(CC(C)(C)O)c4)c(N)nc3-c3ccc(F)cc3)cc12. The Hall–Kier alpha value is -8.34. The van der Waals surface area contributed by atoms with Gasteiger partial charge in [0.25, 0.3) is 0 Å². The first-order valence-electron chi connectivity index (χ1n) is 22.4. The van der Waals surface area contributed by atoms with E-state index in [0.29, 0.717) is 35.1 Å². The lowest BCUT2D eigenvalue weighted by atomic mass is 9.95. The summed E-state index contributed by atoms with van der Waals surface area (Å²) in [5.41, 5.74) is 25.1. The molecule has 0 aliphatic carbocycles. The van der Waals surface area contributed by atoms with Crippen LogP contribution in [0.25, 0.3) is 88.8 Å². The van der Waals surface area contributed by atoms with Gasteiger partial charge in [0.1, 0.15) is 35.9 Å². The minimum atomic E-state index is -0.907. The summed E-state index contributed by atoms with van der Waals surface area (Å²) in [5, 5.41) is 23.3. The van der Waals surface area contributed by atoms with Gasteiger partial charge in [0.05, 0.1) is 59.2 Å². The standard InChI is InChI=1S/C27H25FN6O.C23H17FN6.C4H8O/c1-16-21-10-18(6-9-24(21)31-15-30-16)22-11-23(19-12-32-34(13-19)14-27(2,3)35)26(29)33-25(22)17-4-7-20(28)8-5-17;1-13-18-8-15(4-7-21(18)27-12-26-13)19-9-20(16-10-28-29-11-16)23(25)30-22(19)14-2-5-17(24)6-3-14;1-4(2)3-5-4/h4-13,15,35H,14H2,1-3H3,(H2,29,33);2-12H,1H3,(H2,25,30)(H,28,29);3H2,1-2H3. The van der Waals surface area contributed by atoms with Crippen LogP contribution in [0.4, 0.5) is 20.4 Å². The van der Waals surface area contributed by atoms with Crippen molar-refractivity contribution in [2.75, 3.05) is 18.1 Å². The molecule has 4 aromatic carbocycles. The summed E-state index contributed by atoms with van der Waals surface area (Å²) in [6.45, 7) is 12.8. The van der Waals surface area contributed by atoms with Gasteiger partial charge in [-0.25, -0.2) is 38.7 Å². The van der Waals surface area contributed by atoms with E-state index in [4.69, 9.17) is 26.2 Å². The highest BCUT2D eigenvalue weighted by molar-refractivity contribution is 5.94. The van der Waals surface area contributed by atoms with E-state index in [1.807, 2.05) is 68.6 Å². The number of epoxide rings is 1. The number of aromatic amines is 1. The van der Waals surface area contributed by atoms with Gasteiger partial charge < -0.3 is 21.3 Å². The van der Waals surface area contributed by atoms with Gasteiger partial charge in [-0.1, -0.05) is 12.1 Å². The monoisotopic (exact) mass is 936 g/mol. The zero-order chi connectivity index (χ0) is 49.3. The van der Waals surface area contributed by atoms with Crippen molar-refractivity contribution in [2.24, 2.45) is 0 Å². The molecule has 0 bridgehead atoms. The molecule has 1 aliphatic rings. The number of nitrogens with zero attached hydrogens (tertiary/aromatic N) is 9. The summed E-state index contributed by atoms with van der Waals surface area (Å²) >= 11 is 0. The van der Waals surface area contributed by atoms with Gasteiger partial charge in [-0.15, -0.1) is 0 Å². The van der Waals surface area contributed by atoms with E-state index >= 15 is 0 Å². The molecule has 1 aliphatic heterocycles. The Balaban J connectivity index is 0.000000159. The number of hydrogen-bond donors (Lipinski definition) is 4. The topological polar surface area (TPSA) is 209 Å². The molecule has 0 radical (unpaired) electrons. The van der Waals surface area contributed by atoms with E-state index in [0.717, 1.165) is 89.9 Å². The summed E-state index contributed by atoms with van der Waals surface area (Å²) < 4.78 is 33.7. The van der Waals surface area contributed by atoms with E-state index in [9.17, 15) is 13.9 Å². The Morgan fingerprint density at radius 2 is 1.10 bits per heavy atom. The van der Waals surface area contributed by atoms with Crippen LogP contribution in [0.15, 0.2) is 135 Å². The van der Waals surface area contributed by atoms with Crippen LogP contribution in [0.5, 0.6) is 0 Å². The predicted molar refractivity (Wildman–Crippen MR) is 270 cm³/mol. The Labute approximate surface area is 402 Å². The number of benzene rings is 4. The van der Waals surface area contributed by atoms with Gasteiger partial charge in [0.15, 0.2) is 0 Å². The molecular weight excluding hydrogens is 887 g/mol. The number of aromatic nitrogens is 10. The molecule has 1 fully saturated rings. The Morgan fingerprint density at radius 3 is 1.53 bits per heavy atom. The summed E-state index contributed by atoms with van der Waals surface area (Å²) in [6.07, 6.45) is 10.1. The number of halogens is 2. The molecule has 11 rings (SSSR count). The van der Waals surface area contributed by atoms with Crippen LogP contribution in [0.3, 0.4) is 0 Å². The van der Waals surface area contributed by atoms with Gasteiger partial charge in [-0.05, 0) is 138 Å². The van der Waals surface area contributed by atoms with E-state index in [2.05, 4.69) is 49.1 Å². The van der Waals surface area contributed by atoms with E-state index in [1.165, 1.54) is 24.3 Å². The third kappa shape index (κ3) is 10.5. The van der Waals surface area contributed by atoms with Crippen LogP contribution in [0, 0.1) is 25.5 Å². The van der Waals surface area contributed by atoms with Gasteiger partial charge >= 0.3 is 0 Å². The largest absolute Gasteiger partial charge is 0.389 e. The molecule has 352 valence electrons. The molecule has 0 saturated carbocycles. The lowest BCUT2D eigenvalue weighted by Crippen LogP contribution is -2.26. The highest BCUT2D eigenvalue weighted by Crippen LogP contribution is 2.40. The lowest BCUT2D eigenvalue weighted by molar-refractivity contribution is 0.0577. The quantitative estimate of drug-likeness (QED) is 0.105. The maximum absolute atomic E-state index is 13.6. The van der Waals surface area contributed by atoms with Crippen molar-refractivity contribution in [3.63, 3.8) is 0 Å². The van der Waals surface area contributed by atoms with Crippen LogP contribution in [-0.2, 0) is 11.3 Å². The zero-order valence-corrected chi connectivity index (χ0v) is 39.4. The first kappa shape index (κ1) is 46.8. The van der Waals surface area contributed by atoms with Gasteiger partial charge in [-0.2, -0.15) is 10.2 Å². The molecule has 1 saturated heterocycles. The second kappa shape index (κ2) is 19.0. The number of rotatable bonds is 8. The van der Waals surface area contributed by atoms with E-state index in [1.54, 1.807) is 74.0 Å². The van der Waals surface area contributed by atoms with Crippen LogP contribution in [0.2, 0.25) is 0 Å². The molecule has 10 aromatic rings. The lowest BCUT2D eigenvalue weighted by Gasteiger charge is -2.16. The number of hydrogen-bond acceptors (Lipinski definition) is 12. The van der Waals surface area contributed by atoms with Crippen LogP contribution < -0.4 is 11.5 Å². The maximum atomic E-state index is 13.6. The maximum Gasteiger partial charge on any atom is 0.132 e. The number of aryl methyl sites for hydroxylation is 2. The molecule has 70 heavy (non-hydrogen) atoms. The third-order valence-electron chi connectivity index (χ3n) is 11.7. The van der Waals surface area contributed by atoms with E-state index < -0.39 is 5.60 Å². The molecule has 16 heteroatoms. The number of pyridine rings is 2. The average molecular weight is 937 g/mol. The Bertz CT molecular complexity index is 3490. The number of aliphatic hydroxyl groups is 1. The fourth-order valence-corrected chi connectivity index (χ4v) is 7.85. The number of H-pyrrole nitrogens is 1. The van der Waals surface area contributed by atoms with Crippen LogP contribution in [0.1, 0.15) is 39.1 Å². The van der Waals surface area contributed by atoms with Crippen molar-refractivity contribution in [1.82, 2.24) is 49.9 Å². The second-order valence-electron chi connectivity index (χ2n) is 18.3. The molecule has 0 atom stereocenters. The summed E-state index contributed by atoms with van der Waals surface area (Å²) in [6, 6.07) is 28.4. The number of fused-ring (bicyclic) bond motifs is 2. The normalized spacial score (nSPS) is 12.8. The summed E-state index contributed by atoms with van der Waals surface area (Å²) in [4.78, 5) is 26.8. The average Bonchev–Trinajstić information content (AvgIpc) is 3.64. The van der Waals surface area contributed by atoms with Crippen molar-refractivity contribution in [3.05, 3.63) is 158 Å². The number of ether oxygens (including phenoxy) is 1.